The maximum Gasteiger partial charge on any atom is 0.341 e. The van der Waals surface area contributed by atoms with Gasteiger partial charge >= 0.3 is 5.97 Å². The molecule has 25 heavy (non-hydrogen) atoms. The number of carbonyl (C=O) groups is 1. The number of halogens is 1. The topological polar surface area (TPSA) is 84.9 Å². The fourth-order valence-electron chi connectivity index (χ4n) is 3.57. The van der Waals surface area contributed by atoms with Crippen LogP contribution in [0.15, 0.2) is 23.1 Å². The lowest BCUT2D eigenvalue weighted by molar-refractivity contribution is 0.0597. The monoisotopic (exact) mass is 390 g/mol. The van der Waals surface area contributed by atoms with E-state index in [0.29, 0.717) is 12.3 Å². The first kappa shape index (κ1) is 20.0. The van der Waals surface area contributed by atoms with Crippen LogP contribution in [-0.4, -0.2) is 58.1 Å². The second kappa shape index (κ2) is 7.90. The Labute approximate surface area is 154 Å². The smallest absolute Gasteiger partial charge is 0.341 e. The number of benzene rings is 1. The van der Waals surface area contributed by atoms with Crippen LogP contribution in [0, 0.1) is 0 Å². The molecule has 2 heterocycles. The third-order valence-corrected chi connectivity index (χ3v) is 6.74. The van der Waals surface area contributed by atoms with Crippen LogP contribution in [0.25, 0.3) is 0 Å². The molecule has 0 aliphatic carbocycles. The van der Waals surface area contributed by atoms with Crippen molar-refractivity contribution in [3.63, 3.8) is 0 Å². The summed E-state index contributed by atoms with van der Waals surface area (Å²) >= 11 is 0. The molecule has 2 saturated heterocycles. The zero-order chi connectivity index (χ0) is 17.3. The molecule has 2 aliphatic heterocycles. The average molecular weight is 391 g/mol. The largest absolute Gasteiger partial charge is 0.496 e. The lowest BCUT2D eigenvalue weighted by atomic mass is 10.1. The Morgan fingerprint density at radius 1 is 1.20 bits per heavy atom. The molecule has 2 bridgehead atoms. The van der Waals surface area contributed by atoms with Crippen molar-refractivity contribution in [2.45, 2.75) is 36.2 Å². The van der Waals surface area contributed by atoms with Gasteiger partial charge in [-0.2, -0.15) is 4.31 Å². The van der Waals surface area contributed by atoms with Crippen LogP contribution in [0.1, 0.15) is 29.6 Å². The summed E-state index contributed by atoms with van der Waals surface area (Å²) in [5.41, 5.74) is 0.112. The Balaban J connectivity index is 0.00000225. The molecule has 1 aromatic carbocycles. The van der Waals surface area contributed by atoms with Crippen molar-refractivity contribution in [1.29, 1.82) is 0 Å². The summed E-state index contributed by atoms with van der Waals surface area (Å²) in [5, 5.41) is 3.29. The Hall–Kier alpha value is -1.35. The molecule has 2 fully saturated rings. The molecule has 2 unspecified atom stereocenters. The molecule has 2 atom stereocenters. The fourth-order valence-corrected chi connectivity index (χ4v) is 5.50. The number of esters is 1. The van der Waals surface area contributed by atoms with E-state index in [1.165, 1.54) is 32.4 Å². The predicted octanol–water partition coefficient (Wildman–Crippen LogP) is 1.42. The number of hydrogen-bond acceptors (Lipinski definition) is 6. The van der Waals surface area contributed by atoms with E-state index in [2.05, 4.69) is 5.32 Å². The number of nitrogens with one attached hydrogen (secondary N) is 1. The van der Waals surface area contributed by atoms with Crippen molar-refractivity contribution in [2.75, 3.05) is 27.3 Å². The molecule has 0 amide bonds. The third-order valence-electron chi connectivity index (χ3n) is 4.74. The van der Waals surface area contributed by atoms with Crippen LogP contribution in [-0.2, 0) is 14.8 Å². The van der Waals surface area contributed by atoms with Gasteiger partial charge in [0, 0.05) is 18.6 Å². The minimum Gasteiger partial charge on any atom is -0.496 e. The van der Waals surface area contributed by atoms with Crippen molar-refractivity contribution in [1.82, 2.24) is 9.62 Å². The number of sulfonamides is 1. The van der Waals surface area contributed by atoms with Gasteiger partial charge in [-0.1, -0.05) is 0 Å². The number of carbonyl (C=O) groups excluding carboxylic acids is 1. The lowest BCUT2D eigenvalue weighted by Gasteiger charge is -2.27. The molecule has 0 spiro atoms. The highest BCUT2D eigenvalue weighted by atomic mass is 35.5. The van der Waals surface area contributed by atoms with Crippen molar-refractivity contribution >= 4 is 28.4 Å². The molecule has 1 aromatic rings. The minimum atomic E-state index is -3.68. The van der Waals surface area contributed by atoms with Crippen molar-refractivity contribution < 1.29 is 22.7 Å². The Bertz CT molecular complexity index is 726. The summed E-state index contributed by atoms with van der Waals surface area (Å²) in [4.78, 5) is 12.0. The highest BCUT2D eigenvalue weighted by Crippen LogP contribution is 2.35. The summed E-state index contributed by atoms with van der Waals surface area (Å²) in [6, 6.07) is 4.30. The van der Waals surface area contributed by atoms with Crippen LogP contribution >= 0.6 is 12.4 Å². The summed E-state index contributed by atoms with van der Waals surface area (Å²) in [6.07, 6.45) is 2.54. The number of ether oxygens (including phenoxy) is 2. The summed E-state index contributed by atoms with van der Waals surface area (Å²) in [5.74, 6) is -0.328. The highest BCUT2D eigenvalue weighted by molar-refractivity contribution is 7.89. The second-order valence-electron chi connectivity index (χ2n) is 6.07. The molecule has 2 aliphatic rings. The van der Waals surface area contributed by atoms with Gasteiger partial charge in [0.25, 0.3) is 0 Å². The number of hydrogen-bond donors (Lipinski definition) is 1. The van der Waals surface area contributed by atoms with Crippen LogP contribution in [0.4, 0.5) is 0 Å². The van der Waals surface area contributed by atoms with E-state index in [-0.39, 0.29) is 34.9 Å². The number of rotatable bonds is 4. The molecule has 140 valence electrons. The number of methoxy groups -OCH3 is 2. The SMILES string of the molecule is COC(=O)c1cc(S(=O)(=O)N2C3CCNCC2CC3)ccc1OC.Cl. The Morgan fingerprint density at radius 3 is 2.60 bits per heavy atom. The van der Waals surface area contributed by atoms with E-state index in [0.717, 1.165) is 25.8 Å². The Morgan fingerprint density at radius 2 is 1.92 bits per heavy atom. The molecule has 0 aromatic heterocycles. The zero-order valence-corrected chi connectivity index (χ0v) is 15.9. The number of fused-ring (bicyclic) bond motifs is 2. The molecular formula is C16H23ClN2O5S. The summed E-state index contributed by atoms with van der Waals surface area (Å²) in [7, 11) is -1.000. The maximum atomic E-state index is 13.2. The zero-order valence-electron chi connectivity index (χ0n) is 14.2. The third kappa shape index (κ3) is 3.62. The van der Waals surface area contributed by atoms with E-state index in [9.17, 15) is 13.2 Å². The first-order valence-electron chi connectivity index (χ1n) is 7.99. The minimum absolute atomic E-state index is 0. The van der Waals surface area contributed by atoms with Gasteiger partial charge in [0.05, 0.1) is 19.1 Å². The lowest BCUT2D eigenvalue weighted by Crippen LogP contribution is -2.42. The first-order chi connectivity index (χ1) is 11.5. The van der Waals surface area contributed by atoms with Crippen molar-refractivity contribution in [3.8, 4) is 5.75 Å². The average Bonchev–Trinajstić information content (AvgIpc) is 2.87. The fraction of sp³-hybridized carbons (Fsp3) is 0.562. The predicted molar refractivity (Wildman–Crippen MR) is 94.9 cm³/mol. The molecule has 0 radical (unpaired) electrons. The maximum absolute atomic E-state index is 13.2. The van der Waals surface area contributed by atoms with Gasteiger partial charge in [0.15, 0.2) is 0 Å². The van der Waals surface area contributed by atoms with Crippen LogP contribution in [0.2, 0.25) is 0 Å². The second-order valence-corrected chi connectivity index (χ2v) is 7.91. The summed E-state index contributed by atoms with van der Waals surface area (Å²) < 4.78 is 37.8. The van der Waals surface area contributed by atoms with Gasteiger partial charge in [0.2, 0.25) is 10.0 Å². The van der Waals surface area contributed by atoms with Crippen molar-refractivity contribution in [3.05, 3.63) is 23.8 Å². The van der Waals surface area contributed by atoms with Gasteiger partial charge in [-0.25, -0.2) is 13.2 Å². The quantitative estimate of drug-likeness (QED) is 0.782. The Kier molecular flexibility index (Phi) is 6.31. The van der Waals surface area contributed by atoms with Crippen LogP contribution in [0.5, 0.6) is 5.75 Å². The highest BCUT2D eigenvalue weighted by Gasteiger charge is 2.43. The molecular weight excluding hydrogens is 368 g/mol. The molecule has 9 heteroatoms. The normalized spacial score (nSPS) is 23.4. The van der Waals surface area contributed by atoms with Gasteiger partial charge in [0.1, 0.15) is 11.3 Å². The van der Waals surface area contributed by atoms with Gasteiger partial charge < -0.3 is 14.8 Å². The van der Waals surface area contributed by atoms with Gasteiger partial charge in [-0.3, -0.25) is 0 Å². The molecule has 3 rings (SSSR count). The molecule has 0 saturated carbocycles. The van der Waals surface area contributed by atoms with Gasteiger partial charge in [-0.05, 0) is 44.0 Å². The van der Waals surface area contributed by atoms with E-state index in [1.807, 2.05) is 0 Å². The first-order valence-corrected chi connectivity index (χ1v) is 9.43. The number of nitrogens with zero attached hydrogens (tertiary/aromatic N) is 1. The van der Waals surface area contributed by atoms with Crippen molar-refractivity contribution in [2.24, 2.45) is 0 Å². The van der Waals surface area contributed by atoms with E-state index >= 15 is 0 Å². The van der Waals surface area contributed by atoms with E-state index in [4.69, 9.17) is 9.47 Å². The molecule has 1 N–H and O–H groups in total. The van der Waals surface area contributed by atoms with E-state index < -0.39 is 16.0 Å². The standard InChI is InChI=1S/C16H22N2O5S.ClH/c1-22-15-6-5-13(9-14(15)16(19)23-2)24(20,21)18-11-3-4-12(18)10-17-8-7-11;/h5-6,9,11-12,17H,3-4,7-8,10H2,1-2H3;1H. The summed E-state index contributed by atoms with van der Waals surface area (Å²) in [6.45, 7) is 1.49. The van der Waals surface area contributed by atoms with Gasteiger partial charge in [-0.15, -0.1) is 12.4 Å². The van der Waals surface area contributed by atoms with Crippen LogP contribution < -0.4 is 10.1 Å². The molecule has 7 nitrogen and oxygen atoms in total. The van der Waals surface area contributed by atoms with Crippen LogP contribution in [0.3, 0.4) is 0 Å². The van der Waals surface area contributed by atoms with E-state index in [1.54, 1.807) is 4.31 Å².